The van der Waals surface area contributed by atoms with Crippen molar-refractivity contribution < 1.29 is 0 Å². The molecule has 2 rings (SSSR count). The van der Waals surface area contributed by atoms with Crippen molar-refractivity contribution in [1.29, 1.82) is 0 Å². The van der Waals surface area contributed by atoms with E-state index in [4.69, 9.17) is 0 Å². The Morgan fingerprint density at radius 2 is 1.52 bits per heavy atom. The molecule has 1 nitrogen and oxygen atoms in total. The van der Waals surface area contributed by atoms with E-state index in [1.807, 2.05) is 23.7 Å². The Labute approximate surface area is 141 Å². The average molecular weight is 342 g/mol. The molecule has 0 aliphatic heterocycles. The second-order valence-corrected chi connectivity index (χ2v) is 8.47. The second-order valence-electron chi connectivity index (χ2n) is 4.88. The highest BCUT2D eigenvalue weighted by atomic mass is 33.1. The van der Waals surface area contributed by atoms with Crippen LogP contribution in [0, 0.1) is 0 Å². The summed E-state index contributed by atoms with van der Waals surface area (Å²) < 4.78 is 1.26. The Hall–Kier alpha value is -0.190. The van der Waals surface area contributed by atoms with Gasteiger partial charge in [-0.3, -0.25) is 0 Å². The maximum Gasteiger partial charge on any atom is 0.0812 e. The minimum atomic E-state index is 1.10. The Kier molecular flexibility index (Phi) is 12.1. The minimum absolute atomic E-state index is 1.10. The number of thiazole rings is 1. The quantitative estimate of drug-likeness (QED) is 0.358. The van der Waals surface area contributed by atoms with Gasteiger partial charge in [0.05, 0.1) is 15.7 Å². The third-order valence-corrected chi connectivity index (χ3v) is 6.37. The van der Waals surface area contributed by atoms with Gasteiger partial charge in [-0.05, 0) is 25.0 Å². The highest BCUT2D eigenvalue weighted by Crippen LogP contribution is 2.24. The molecule has 0 unspecified atom stereocenters. The van der Waals surface area contributed by atoms with Gasteiger partial charge in [-0.15, -0.1) is 11.3 Å². The summed E-state index contributed by atoms with van der Waals surface area (Å²) in [4.78, 5) is 4.14. The SMILES string of the molecule is CCCCCSSCCCCC.c1ccc2scnc2c1. The molecule has 1 heterocycles. The van der Waals surface area contributed by atoms with Crippen molar-refractivity contribution in [3.05, 3.63) is 29.8 Å². The molecule has 0 atom stereocenters. The lowest BCUT2D eigenvalue weighted by molar-refractivity contribution is 0.778. The van der Waals surface area contributed by atoms with Crippen molar-refractivity contribution in [2.45, 2.75) is 52.4 Å². The van der Waals surface area contributed by atoms with Gasteiger partial charge in [0.15, 0.2) is 0 Å². The molecule has 4 heteroatoms. The summed E-state index contributed by atoms with van der Waals surface area (Å²) in [7, 11) is 4.12. The minimum Gasteiger partial charge on any atom is -0.245 e. The topological polar surface area (TPSA) is 12.9 Å². The van der Waals surface area contributed by atoms with Gasteiger partial charge in [0.25, 0.3) is 0 Å². The summed E-state index contributed by atoms with van der Waals surface area (Å²) in [6.07, 6.45) is 8.32. The predicted molar refractivity (Wildman–Crippen MR) is 104 cm³/mol. The number of para-hydroxylation sites is 1. The van der Waals surface area contributed by atoms with Crippen LogP contribution in [0.4, 0.5) is 0 Å². The first kappa shape index (κ1) is 18.9. The molecular formula is C17H27NS3. The van der Waals surface area contributed by atoms with Gasteiger partial charge in [0, 0.05) is 11.5 Å². The van der Waals surface area contributed by atoms with E-state index in [0.29, 0.717) is 0 Å². The third kappa shape index (κ3) is 9.43. The van der Waals surface area contributed by atoms with Crippen LogP contribution in [0.1, 0.15) is 52.4 Å². The van der Waals surface area contributed by atoms with Crippen LogP contribution >= 0.6 is 32.9 Å². The fourth-order valence-electron chi connectivity index (χ4n) is 1.74. The first-order chi connectivity index (χ1) is 10.4. The first-order valence-electron chi connectivity index (χ1n) is 7.91. The highest BCUT2D eigenvalue weighted by Gasteiger charge is 1.91. The molecule has 0 saturated heterocycles. The van der Waals surface area contributed by atoms with Crippen LogP contribution in [0.25, 0.3) is 10.2 Å². The lowest BCUT2D eigenvalue weighted by Gasteiger charge is -1.99. The van der Waals surface area contributed by atoms with Crippen LogP contribution in [0.3, 0.4) is 0 Å². The summed E-state index contributed by atoms with van der Waals surface area (Å²) in [6, 6.07) is 8.13. The molecule has 0 radical (unpaired) electrons. The molecule has 1 aromatic heterocycles. The number of rotatable bonds is 9. The monoisotopic (exact) mass is 341 g/mol. The van der Waals surface area contributed by atoms with Gasteiger partial charge < -0.3 is 0 Å². The van der Waals surface area contributed by atoms with Crippen molar-refractivity contribution in [1.82, 2.24) is 4.98 Å². The summed E-state index contributed by atoms with van der Waals surface area (Å²) >= 11 is 1.68. The van der Waals surface area contributed by atoms with E-state index in [0.717, 1.165) is 5.52 Å². The fourth-order valence-corrected chi connectivity index (χ4v) is 4.72. The number of benzene rings is 1. The lowest BCUT2D eigenvalue weighted by atomic mass is 10.3. The van der Waals surface area contributed by atoms with Crippen molar-refractivity contribution in [3.8, 4) is 0 Å². The molecule has 21 heavy (non-hydrogen) atoms. The van der Waals surface area contributed by atoms with Crippen molar-refractivity contribution in [2.75, 3.05) is 11.5 Å². The van der Waals surface area contributed by atoms with Crippen LogP contribution < -0.4 is 0 Å². The van der Waals surface area contributed by atoms with E-state index in [1.54, 1.807) is 11.3 Å². The molecule has 0 N–H and O–H groups in total. The second kappa shape index (κ2) is 13.5. The predicted octanol–water partition coefficient (Wildman–Crippen LogP) is 7.04. The normalized spacial score (nSPS) is 10.4. The van der Waals surface area contributed by atoms with Crippen LogP contribution in [-0.2, 0) is 0 Å². The van der Waals surface area contributed by atoms with E-state index in [1.165, 1.54) is 54.7 Å². The Bertz CT molecular complexity index is 416. The van der Waals surface area contributed by atoms with Crippen molar-refractivity contribution in [3.63, 3.8) is 0 Å². The Balaban J connectivity index is 0.000000216. The van der Waals surface area contributed by atoms with Gasteiger partial charge in [-0.25, -0.2) is 4.98 Å². The lowest BCUT2D eigenvalue weighted by Crippen LogP contribution is -1.79. The maximum atomic E-state index is 4.14. The number of aromatic nitrogens is 1. The summed E-state index contributed by atoms with van der Waals surface area (Å²) in [5, 5.41) is 0. The molecule has 118 valence electrons. The van der Waals surface area contributed by atoms with Gasteiger partial charge in [0.1, 0.15) is 0 Å². The van der Waals surface area contributed by atoms with E-state index in [9.17, 15) is 0 Å². The van der Waals surface area contributed by atoms with Gasteiger partial charge in [0.2, 0.25) is 0 Å². The van der Waals surface area contributed by atoms with Crippen molar-refractivity contribution in [2.24, 2.45) is 0 Å². The number of unbranched alkanes of at least 4 members (excludes halogenated alkanes) is 4. The molecule has 0 bridgehead atoms. The third-order valence-electron chi connectivity index (χ3n) is 2.98. The molecule has 0 fully saturated rings. The van der Waals surface area contributed by atoms with Crippen LogP contribution in [0.2, 0.25) is 0 Å². The molecule has 0 amide bonds. The largest absolute Gasteiger partial charge is 0.245 e. The summed E-state index contributed by atoms with van der Waals surface area (Å²) in [5.41, 5.74) is 2.97. The number of hydrogen-bond acceptors (Lipinski definition) is 4. The average Bonchev–Trinajstić information content (AvgIpc) is 2.99. The van der Waals surface area contributed by atoms with Gasteiger partial charge in [-0.1, -0.05) is 73.3 Å². The number of fused-ring (bicyclic) bond motifs is 1. The van der Waals surface area contributed by atoms with Crippen molar-refractivity contribution >= 4 is 43.1 Å². The summed E-state index contributed by atoms with van der Waals surface area (Å²) in [5.74, 6) is 2.70. The standard InChI is InChI=1S/C10H22S2.C7H5NS/c1-3-5-7-9-11-12-10-8-6-4-2;1-2-4-7-6(3-1)8-5-9-7/h3-10H2,1-2H3;1-5H. The van der Waals surface area contributed by atoms with E-state index in [2.05, 4.69) is 46.5 Å². The number of hydrogen-bond donors (Lipinski definition) is 0. The van der Waals surface area contributed by atoms with Gasteiger partial charge >= 0.3 is 0 Å². The van der Waals surface area contributed by atoms with E-state index >= 15 is 0 Å². The first-order valence-corrected chi connectivity index (χ1v) is 11.3. The van der Waals surface area contributed by atoms with E-state index in [-0.39, 0.29) is 0 Å². The zero-order chi connectivity index (χ0) is 15.2. The van der Waals surface area contributed by atoms with E-state index < -0.39 is 0 Å². The Morgan fingerprint density at radius 3 is 2.10 bits per heavy atom. The zero-order valence-electron chi connectivity index (χ0n) is 13.2. The van der Waals surface area contributed by atoms with Crippen LogP contribution in [0.5, 0.6) is 0 Å². The molecular weight excluding hydrogens is 314 g/mol. The van der Waals surface area contributed by atoms with Gasteiger partial charge in [-0.2, -0.15) is 0 Å². The fraction of sp³-hybridized carbons (Fsp3) is 0.588. The summed E-state index contributed by atoms with van der Waals surface area (Å²) in [6.45, 7) is 4.53. The zero-order valence-corrected chi connectivity index (χ0v) is 15.7. The molecule has 0 saturated carbocycles. The van der Waals surface area contributed by atoms with Crippen LogP contribution in [0.15, 0.2) is 29.8 Å². The Morgan fingerprint density at radius 1 is 0.905 bits per heavy atom. The molecule has 2 aromatic rings. The molecule has 0 aliphatic carbocycles. The molecule has 0 spiro atoms. The smallest absolute Gasteiger partial charge is 0.0812 e. The highest BCUT2D eigenvalue weighted by molar-refractivity contribution is 8.76. The maximum absolute atomic E-state index is 4.14. The molecule has 0 aliphatic rings. The number of nitrogens with zero attached hydrogens (tertiary/aromatic N) is 1. The van der Waals surface area contributed by atoms with Crippen LogP contribution in [-0.4, -0.2) is 16.5 Å². The molecule has 1 aromatic carbocycles.